The molecule has 0 aromatic carbocycles. The maximum atomic E-state index is 15.2. The molecule has 2 aromatic heterocycles. The van der Waals surface area contributed by atoms with Crippen molar-refractivity contribution in [2.24, 2.45) is 0 Å². The number of rotatable bonds is 10. The minimum absolute atomic E-state index is 0.0753. The van der Waals surface area contributed by atoms with Crippen LogP contribution in [-0.4, -0.2) is 51.8 Å². The first kappa shape index (κ1) is 22.6. The lowest BCUT2D eigenvalue weighted by Crippen LogP contribution is -2.60. The normalized spacial score (nSPS) is 18.4. The first-order valence-electron chi connectivity index (χ1n) is 11.6. The molecule has 6 nitrogen and oxygen atoms in total. The Bertz CT molecular complexity index is 929. The minimum atomic E-state index is -1.25. The van der Waals surface area contributed by atoms with Crippen molar-refractivity contribution in [3.63, 3.8) is 0 Å². The smallest absolute Gasteiger partial charge is 0.305 e. The van der Waals surface area contributed by atoms with Crippen LogP contribution in [0.2, 0.25) is 0 Å². The number of nitrogens with zero attached hydrogens (tertiary/aromatic N) is 3. The van der Waals surface area contributed by atoms with Gasteiger partial charge in [0, 0.05) is 42.8 Å². The van der Waals surface area contributed by atoms with Crippen LogP contribution in [0.15, 0.2) is 30.5 Å². The van der Waals surface area contributed by atoms with Gasteiger partial charge in [0.2, 0.25) is 5.88 Å². The first-order valence-corrected chi connectivity index (χ1v) is 11.6. The summed E-state index contributed by atoms with van der Waals surface area (Å²) in [6.07, 6.45) is 9.33. The molecular formula is C25H32FN3O3. The van der Waals surface area contributed by atoms with Gasteiger partial charge in [-0.1, -0.05) is 12.1 Å². The van der Waals surface area contributed by atoms with Crippen LogP contribution in [0.1, 0.15) is 67.1 Å². The third-order valence-electron chi connectivity index (χ3n) is 6.68. The molecule has 3 heterocycles. The molecule has 0 unspecified atom stereocenters. The second-order valence-electron chi connectivity index (χ2n) is 9.13. The molecule has 2 aliphatic rings. The van der Waals surface area contributed by atoms with Gasteiger partial charge in [-0.25, -0.2) is 9.37 Å². The molecule has 0 bridgehead atoms. The van der Waals surface area contributed by atoms with Crippen LogP contribution in [0, 0.1) is 0 Å². The van der Waals surface area contributed by atoms with Gasteiger partial charge in [0.05, 0.1) is 13.5 Å². The van der Waals surface area contributed by atoms with Crippen molar-refractivity contribution in [2.75, 3.05) is 20.2 Å². The molecule has 1 N–H and O–H groups in total. The van der Waals surface area contributed by atoms with E-state index in [0.29, 0.717) is 12.3 Å². The third-order valence-corrected chi connectivity index (χ3v) is 6.68. The highest BCUT2D eigenvalue weighted by Gasteiger charge is 2.46. The van der Waals surface area contributed by atoms with Crippen molar-refractivity contribution in [3.05, 3.63) is 53.0 Å². The van der Waals surface area contributed by atoms with Gasteiger partial charge >= 0.3 is 5.97 Å². The van der Waals surface area contributed by atoms with E-state index in [1.807, 2.05) is 11.0 Å². The molecule has 0 saturated carbocycles. The van der Waals surface area contributed by atoms with Crippen LogP contribution in [0.3, 0.4) is 0 Å². The van der Waals surface area contributed by atoms with Crippen LogP contribution in [0.25, 0.3) is 0 Å². The largest absolute Gasteiger partial charge is 0.481 e. The van der Waals surface area contributed by atoms with Gasteiger partial charge < -0.3 is 9.84 Å². The van der Waals surface area contributed by atoms with E-state index in [0.717, 1.165) is 43.4 Å². The Kier molecular flexibility index (Phi) is 7.04. The summed E-state index contributed by atoms with van der Waals surface area (Å²) in [5, 5.41) is 9.33. The molecule has 1 fully saturated rings. The summed E-state index contributed by atoms with van der Waals surface area (Å²) < 4.78 is 20.3. The summed E-state index contributed by atoms with van der Waals surface area (Å²) in [5.74, 6) is -0.431. The molecule has 7 heteroatoms. The average molecular weight is 442 g/mol. The standard InChI is InChI=1S/C25H32FN3O3/c1-32-23-12-10-19(15-27-23)22(14-24(30)31)29-16-25(26,17-29)13-5-4-7-20-11-9-18-6-2-3-8-21(18)28-20/h9-12,15,22H,2-8,13-14,16-17H2,1H3,(H,30,31)/t22-/m0/s1. The number of carboxylic acids is 1. The molecule has 1 atom stereocenters. The Hall–Kier alpha value is -2.54. The Balaban J connectivity index is 1.26. The molecular weight excluding hydrogens is 409 g/mol. The fourth-order valence-electron chi connectivity index (χ4n) is 4.91. The van der Waals surface area contributed by atoms with Gasteiger partial charge in [-0.15, -0.1) is 0 Å². The molecule has 1 aliphatic carbocycles. The number of aliphatic carboxylic acids is 1. The van der Waals surface area contributed by atoms with E-state index in [1.165, 1.54) is 31.2 Å². The zero-order valence-electron chi connectivity index (χ0n) is 18.7. The van der Waals surface area contributed by atoms with E-state index in [-0.39, 0.29) is 25.6 Å². The van der Waals surface area contributed by atoms with E-state index in [2.05, 4.69) is 17.1 Å². The average Bonchev–Trinajstić information content (AvgIpc) is 2.78. The molecule has 32 heavy (non-hydrogen) atoms. The second kappa shape index (κ2) is 9.94. The summed E-state index contributed by atoms with van der Waals surface area (Å²) in [6, 6.07) is 7.48. The Labute approximate surface area is 188 Å². The van der Waals surface area contributed by atoms with Gasteiger partial charge in [-0.2, -0.15) is 0 Å². The van der Waals surface area contributed by atoms with Crippen LogP contribution in [0.5, 0.6) is 5.88 Å². The molecule has 172 valence electrons. The second-order valence-corrected chi connectivity index (χ2v) is 9.13. The predicted molar refractivity (Wildman–Crippen MR) is 120 cm³/mol. The highest BCUT2D eigenvalue weighted by Crippen LogP contribution is 2.38. The molecule has 1 saturated heterocycles. The van der Waals surface area contributed by atoms with Crippen LogP contribution in [0.4, 0.5) is 4.39 Å². The topological polar surface area (TPSA) is 75.6 Å². The van der Waals surface area contributed by atoms with E-state index < -0.39 is 11.6 Å². The summed E-state index contributed by atoms with van der Waals surface area (Å²) in [4.78, 5) is 22.3. The highest BCUT2D eigenvalue weighted by atomic mass is 19.1. The summed E-state index contributed by atoms with van der Waals surface area (Å²) in [5.41, 5.74) is 3.28. The maximum absolute atomic E-state index is 15.2. The van der Waals surface area contributed by atoms with Gasteiger partial charge in [0.25, 0.3) is 0 Å². The predicted octanol–water partition coefficient (Wildman–Crippen LogP) is 4.32. The lowest BCUT2D eigenvalue weighted by molar-refractivity contribution is -0.141. The number of carbonyl (C=O) groups is 1. The van der Waals surface area contributed by atoms with Crippen molar-refractivity contribution in [1.82, 2.24) is 14.9 Å². The number of pyridine rings is 2. The number of methoxy groups -OCH3 is 1. The lowest BCUT2D eigenvalue weighted by Gasteiger charge is -2.48. The summed E-state index contributed by atoms with van der Waals surface area (Å²) >= 11 is 0. The molecule has 0 spiro atoms. The van der Waals surface area contributed by atoms with Gasteiger partial charge in [0.15, 0.2) is 0 Å². The Morgan fingerprint density at radius 1 is 1.22 bits per heavy atom. The van der Waals surface area contributed by atoms with Crippen LogP contribution in [-0.2, 0) is 24.1 Å². The van der Waals surface area contributed by atoms with Crippen molar-refractivity contribution >= 4 is 5.97 Å². The number of alkyl halides is 1. The van der Waals surface area contributed by atoms with Crippen molar-refractivity contribution in [3.8, 4) is 5.88 Å². The van der Waals surface area contributed by atoms with Crippen molar-refractivity contribution in [2.45, 2.75) is 69.5 Å². The third kappa shape index (κ3) is 5.44. The van der Waals surface area contributed by atoms with E-state index >= 15 is 4.39 Å². The van der Waals surface area contributed by atoms with Gasteiger partial charge in [-0.05, 0) is 68.6 Å². The van der Waals surface area contributed by atoms with E-state index in [9.17, 15) is 9.90 Å². The Morgan fingerprint density at radius 2 is 2.03 bits per heavy atom. The van der Waals surface area contributed by atoms with Crippen LogP contribution < -0.4 is 4.74 Å². The fourth-order valence-corrected chi connectivity index (χ4v) is 4.91. The summed E-state index contributed by atoms with van der Waals surface area (Å²) in [6.45, 7) is 0.516. The molecule has 0 radical (unpaired) electrons. The number of halogens is 1. The van der Waals surface area contributed by atoms with E-state index in [1.54, 1.807) is 12.3 Å². The summed E-state index contributed by atoms with van der Waals surface area (Å²) in [7, 11) is 1.53. The number of hydrogen-bond acceptors (Lipinski definition) is 5. The number of fused-ring (bicyclic) bond motifs is 1. The zero-order valence-corrected chi connectivity index (χ0v) is 18.7. The SMILES string of the molecule is COc1ccc([C@H](CC(=O)O)N2CC(F)(CCCCc3ccc4c(n3)CCCC4)C2)cn1. The highest BCUT2D eigenvalue weighted by molar-refractivity contribution is 5.68. The zero-order chi connectivity index (χ0) is 22.6. The van der Waals surface area contributed by atoms with Gasteiger partial charge in [-0.3, -0.25) is 14.7 Å². The number of carboxylic acid groups (broad SMARTS) is 1. The number of likely N-dealkylation sites (tertiary alicyclic amines) is 1. The number of unbranched alkanes of at least 4 members (excludes halogenated alkanes) is 1. The van der Waals surface area contributed by atoms with Crippen molar-refractivity contribution in [1.29, 1.82) is 0 Å². The molecule has 1 aliphatic heterocycles. The van der Waals surface area contributed by atoms with E-state index in [4.69, 9.17) is 9.72 Å². The molecule has 2 aromatic rings. The quantitative estimate of drug-likeness (QED) is 0.554. The van der Waals surface area contributed by atoms with Crippen molar-refractivity contribution < 1.29 is 19.0 Å². The first-order chi connectivity index (χ1) is 15.5. The Morgan fingerprint density at radius 3 is 2.75 bits per heavy atom. The van der Waals surface area contributed by atoms with Gasteiger partial charge in [0.1, 0.15) is 5.67 Å². The monoisotopic (exact) mass is 441 g/mol. The lowest BCUT2D eigenvalue weighted by atomic mass is 9.86. The molecule has 4 rings (SSSR count). The number of aryl methyl sites for hydroxylation is 3. The number of hydrogen-bond donors (Lipinski definition) is 1. The number of aromatic nitrogens is 2. The fraction of sp³-hybridized carbons (Fsp3) is 0.560. The minimum Gasteiger partial charge on any atom is -0.481 e. The number of ether oxygens (including phenoxy) is 1. The van der Waals surface area contributed by atoms with Crippen LogP contribution >= 0.6 is 0 Å². The maximum Gasteiger partial charge on any atom is 0.305 e. The molecule has 0 amide bonds.